The molecule has 0 aromatic heterocycles. The van der Waals surface area contributed by atoms with Crippen LogP contribution in [-0.2, 0) is 14.8 Å². The van der Waals surface area contributed by atoms with Gasteiger partial charge in [-0.15, -0.1) is 0 Å². The lowest BCUT2D eigenvalue weighted by molar-refractivity contribution is -0.149. The summed E-state index contributed by atoms with van der Waals surface area (Å²) in [5.41, 5.74) is -1.07. The van der Waals surface area contributed by atoms with Gasteiger partial charge in [0.05, 0.1) is 11.2 Å². The Balaban J connectivity index is 4.64. The molecule has 0 radical (unpaired) electrons. The molecular weight excluding hydrogens is 266 g/mol. The number of aliphatic carboxylic acids is 1. The van der Waals surface area contributed by atoms with Gasteiger partial charge in [0.15, 0.2) is 0 Å². The van der Waals surface area contributed by atoms with E-state index in [1.165, 1.54) is 0 Å². The van der Waals surface area contributed by atoms with Gasteiger partial charge in [-0.3, -0.25) is 4.79 Å². The van der Waals surface area contributed by atoms with Crippen LogP contribution >= 0.6 is 0 Å². The van der Waals surface area contributed by atoms with Gasteiger partial charge in [0, 0.05) is 6.54 Å². The maximum Gasteiger partial charge on any atom is 0.310 e. The molecule has 0 fully saturated rings. The summed E-state index contributed by atoms with van der Waals surface area (Å²) in [5, 5.41) is 9.24. The second kappa shape index (κ2) is 6.70. The van der Waals surface area contributed by atoms with Crippen molar-refractivity contribution in [2.24, 2.45) is 10.8 Å². The minimum absolute atomic E-state index is 0.0274. The first-order valence-electron chi connectivity index (χ1n) is 6.69. The Bertz CT molecular complexity index is 391. The van der Waals surface area contributed by atoms with Gasteiger partial charge in [-0.05, 0) is 24.7 Å². The van der Waals surface area contributed by atoms with E-state index in [-0.39, 0.29) is 17.7 Å². The summed E-state index contributed by atoms with van der Waals surface area (Å²) in [6.07, 6.45) is 1.35. The molecule has 0 aromatic rings. The summed E-state index contributed by atoms with van der Waals surface area (Å²) in [5.74, 6) is -0.921. The van der Waals surface area contributed by atoms with Crippen LogP contribution in [-0.4, -0.2) is 31.8 Å². The summed E-state index contributed by atoms with van der Waals surface area (Å²) in [6, 6.07) is 0. The van der Waals surface area contributed by atoms with Crippen LogP contribution in [0.1, 0.15) is 53.9 Å². The molecule has 0 heterocycles. The maximum atomic E-state index is 11.9. The smallest absolute Gasteiger partial charge is 0.310 e. The standard InChI is InChI=1S/C13H27NO4S/c1-6-13(7-2,11(15)16)10-14-19(17,18)9-8-12(3,4)5/h14H,6-10H2,1-5H3,(H,15,16). The van der Waals surface area contributed by atoms with Gasteiger partial charge < -0.3 is 5.11 Å². The zero-order valence-electron chi connectivity index (χ0n) is 12.6. The molecule has 0 aliphatic carbocycles. The van der Waals surface area contributed by atoms with Crippen LogP contribution in [0.3, 0.4) is 0 Å². The first kappa shape index (κ1) is 18.4. The summed E-state index contributed by atoms with van der Waals surface area (Å²) in [6.45, 7) is 9.41. The lowest BCUT2D eigenvalue weighted by atomic mass is 9.83. The van der Waals surface area contributed by atoms with Crippen molar-refractivity contribution in [3.05, 3.63) is 0 Å². The second-order valence-corrected chi connectivity index (χ2v) is 8.17. The molecule has 5 nitrogen and oxygen atoms in total. The van der Waals surface area contributed by atoms with Crippen LogP contribution in [0.4, 0.5) is 0 Å². The Hall–Kier alpha value is -0.620. The Labute approximate surface area is 116 Å². The summed E-state index contributed by atoms with van der Waals surface area (Å²) < 4.78 is 26.2. The van der Waals surface area contributed by atoms with Crippen LogP contribution in [0, 0.1) is 10.8 Å². The Morgan fingerprint density at radius 3 is 1.95 bits per heavy atom. The minimum atomic E-state index is -3.42. The fourth-order valence-corrected chi connectivity index (χ4v) is 3.16. The molecule has 2 N–H and O–H groups in total. The number of rotatable bonds is 8. The number of hydrogen-bond donors (Lipinski definition) is 2. The zero-order valence-corrected chi connectivity index (χ0v) is 13.4. The van der Waals surface area contributed by atoms with Crippen molar-refractivity contribution in [2.75, 3.05) is 12.3 Å². The van der Waals surface area contributed by atoms with Crippen molar-refractivity contribution < 1.29 is 18.3 Å². The molecule has 0 unspecified atom stereocenters. The third-order valence-corrected chi connectivity index (χ3v) is 4.88. The minimum Gasteiger partial charge on any atom is -0.481 e. The monoisotopic (exact) mass is 293 g/mol. The van der Waals surface area contributed by atoms with Gasteiger partial charge in [-0.25, -0.2) is 13.1 Å². The van der Waals surface area contributed by atoms with Crippen molar-refractivity contribution in [1.29, 1.82) is 0 Å². The average Bonchev–Trinajstić information content (AvgIpc) is 2.27. The maximum absolute atomic E-state index is 11.9. The third kappa shape index (κ3) is 6.38. The number of carbonyl (C=O) groups is 1. The van der Waals surface area contributed by atoms with E-state index in [4.69, 9.17) is 0 Å². The van der Waals surface area contributed by atoms with Gasteiger partial charge in [0.2, 0.25) is 10.0 Å². The zero-order chi connectivity index (χ0) is 15.3. The number of hydrogen-bond acceptors (Lipinski definition) is 3. The van der Waals surface area contributed by atoms with Crippen molar-refractivity contribution in [2.45, 2.75) is 53.9 Å². The van der Waals surface area contributed by atoms with Gasteiger partial charge >= 0.3 is 5.97 Å². The largest absolute Gasteiger partial charge is 0.481 e. The topological polar surface area (TPSA) is 83.5 Å². The molecule has 0 saturated carbocycles. The van der Waals surface area contributed by atoms with Crippen molar-refractivity contribution in [1.82, 2.24) is 4.72 Å². The van der Waals surface area contributed by atoms with E-state index in [9.17, 15) is 18.3 Å². The van der Waals surface area contributed by atoms with E-state index in [1.807, 2.05) is 20.8 Å². The molecule has 0 spiro atoms. The summed E-state index contributed by atoms with van der Waals surface area (Å²) >= 11 is 0. The average molecular weight is 293 g/mol. The van der Waals surface area contributed by atoms with Gasteiger partial charge in [-0.1, -0.05) is 34.6 Å². The van der Waals surface area contributed by atoms with Crippen molar-refractivity contribution >= 4 is 16.0 Å². The number of sulfonamides is 1. The molecule has 0 aromatic carbocycles. The predicted octanol–water partition coefficient (Wildman–Crippen LogP) is 2.23. The van der Waals surface area contributed by atoms with E-state index in [2.05, 4.69) is 4.72 Å². The fraction of sp³-hybridized carbons (Fsp3) is 0.923. The highest BCUT2D eigenvalue weighted by molar-refractivity contribution is 7.89. The van der Waals surface area contributed by atoms with Gasteiger partial charge in [0.1, 0.15) is 0 Å². The SMILES string of the molecule is CCC(CC)(CNS(=O)(=O)CCC(C)(C)C)C(=O)O. The lowest BCUT2D eigenvalue weighted by Crippen LogP contribution is -2.43. The highest BCUT2D eigenvalue weighted by Gasteiger charge is 2.35. The van der Waals surface area contributed by atoms with E-state index in [1.54, 1.807) is 13.8 Å². The second-order valence-electron chi connectivity index (χ2n) is 6.24. The fourth-order valence-electron chi connectivity index (χ4n) is 1.64. The molecule has 19 heavy (non-hydrogen) atoms. The first-order chi connectivity index (χ1) is 8.48. The first-order valence-corrected chi connectivity index (χ1v) is 8.34. The van der Waals surface area contributed by atoms with Crippen molar-refractivity contribution in [3.63, 3.8) is 0 Å². The molecule has 6 heteroatoms. The lowest BCUT2D eigenvalue weighted by Gasteiger charge is -2.27. The summed E-state index contributed by atoms with van der Waals surface area (Å²) in [7, 11) is -3.42. The summed E-state index contributed by atoms with van der Waals surface area (Å²) in [4.78, 5) is 11.3. The number of nitrogens with one attached hydrogen (secondary N) is 1. The normalized spacial score (nSPS) is 13.5. The van der Waals surface area contributed by atoms with Crippen LogP contribution in [0.15, 0.2) is 0 Å². The third-order valence-electron chi connectivity index (χ3n) is 3.56. The van der Waals surface area contributed by atoms with Gasteiger partial charge in [0.25, 0.3) is 0 Å². The molecular formula is C13H27NO4S. The molecule has 114 valence electrons. The quantitative estimate of drug-likeness (QED) is 0.719. The van der Waals surface area contributed by atoms with E-state index in [0.717, 1.165) is 0 Å². The van der Waals surface area contributed by atoms with Crippen LogP contribution in [0.25, 0.3) is 0 Å². The van der Waals surface area contributed by atoms with Gasteiger partial charge in [-0.2, -0.15) is 0 Å². The molecule has 0 rings (SSSR count). The number of carboxylic acid groups (broad SMARTS) is 1. The molecule has 0 amide bonds. The highest BCUT2D eigenvalue weighted by atomic mass is 32.2. The van der Waals surface area contributed by atoms with Crippen LogP contribution < -0.4 is 4.72 Å². The van der Waals surface area contributed by atoms with E-state index in [0.29, 0.717) is 19.3 Å². The van der Waals surface area contributed by atoms with E-state index < -0.39 is 21.4 Å². The van der Waals surface area contributed by atoms with E-state index >= 15 is 0 Å². The molecule has 0 bridgehead atoms. The highest BCUT2D eigenvalue weighted by Crippen LogP contribution is 2.26. The number of carboxylic acids is 1. The predicted molar refractivity (Wildman–Crippen MR) is 76.5 cm³/mol. The Morgan fingerprint density at radius 2 is 1.63 bits per heavy atom. The molecule has 0 aliphatic rings. The molecule has 0 aliphatic heterocycles. The van der Waals surface area contributed by atoms with Crippen LogP contribution in [0.5, 0.6) is 0 Å². The molecule has 0 saturated heterocycles. The van der Waals surface area contributed by atoms with Crippen molar-refractivity contribution in [3.8, 4) is 0 Å². The van der Waals surface area contributed by atoms with Crippen LogP contribution in [0.2, 0.25) is 0 Å². The molecule has 0 atom stereocenters. The Morgan fingerprint density at radius 1 is 1.16 bits per heavy atom. The Kier molecular flexibility index (Phi) is 6.48.